The van der Waals surface area contributed by atoms with Gasteiger partial charge in [0, 0.05) is 42.0 Å². The van der Waals surface area contributed by atoms with Crippen molar-refractivity contribution < 1.29 is 49.0 Å². The summed E-state index contributed by atoms with van der Waals surface area (Å²) < 4.78 is 17.2. The van der Waals surface area contributed by atoms with Crippen molar-refractivity contribution in [2.24, 2.45) is 5.73 Å². The van der Waals surface area contributed by atoms with Gasteiger partial charge in [0.15, 0.2) is 17.9 Å². The summed E-state index contributed by atoms with van der Waals surface area (Å²) in [5.74, 6) is -3.55. The predicted molar refractivity (Wildman–Crippen MR) is 138 cm³/mol. The fourth-order valence-electron chi connectivity index (χ4n) is 5.81. The number of benzene rings is 2. The molecule has 39 heavy (non-hydrogen) atoms. The summed E-state index contributed by atoms with van der Waals surface area (Å²) >= 11 is 0. The largest absolute Gasteiger partial charge is 0.507 e. The summed E-state index contributed by atoms with van der Waals surface area (Å²) in [5, 5.41) is 43.6. The van der Waals surface area contributed by atoms with Gasteiger partial charge in [0.05, 0.1) is 36.0 Å². The zero-order valence-corrected chi connectivity index (χ0v) is 22.1. The smallest absolute Gasteiger partial charge is 0.202 e. The molecule has 12 heteroatoms. The van der Waals surface area contributed by atoms with Crippen LogP contribution in [-0.2, 0) is 20.7 Å². The SMILES string of the molecule is COc1cccc2c1C(=O)c1c(O)c3c(c(O)c1C2=O)C[C@@](O)(C(=O)CO)C[C@@H]3O[C@@H]1C[C@@H](N)C[C@@H](C)O1.Cl. The van der Waals surface area contributed by atoms with E-state index in [1.807, 2.05) is 6.92 Å². The van der Waals surface area contributed by atoms with Gasteiger partial charge < -0.3 is 40.4 Å². The average Bonchev–Trinajstić information content (AvgIpc) is 2.87. The molecule has 0 spiro atoms. The summed E-state index contributed by atoms with van der Waals surface area (Å²) in [6.45, 7) is 0.827. The summed E-state index contributed by atoms with van der Waals surface area (Å²) in [7, 11) is 1.34. The van der Waals surface area contributed by atoms with Crippen molar-refractivity contribution in [2.45, 2.75) is 62.7 Å². The van der Waals surface area contributed by atoms with Gasteiger partial charge >= 0.3 is 0 Å². The zero-order valence-electron chi connectivity index (χ0n) is 21.3. The van der Waals surface area contributed by atoms with Crippen LogP contribution in [0.25, 0.3) is 0 Å². The van der Waals surface area contributed by atoms with Crippen LogP contribution in [0.5, 0.6) is 17.2 Å². The Morgan fingerprint density at radius 3 is 2.46 bits per heavy atom. The molecule has 1 fully saturated rings. The minimum Gasteiger partial charge on any atom is -0.507 e. The Bertz CT molecular complexity index is 1350. The highest BCUT2D eigenvalue weighted by molar-refractivity contribution is 6.31. The molecule has 11 nitrogen and oxygen atoms in total. The monoisotopic (exact) mass is 563 g/mol. The van der Waals surface area contributed by atoms with E-state index in [2.05, 4.69) is 0 Å². The van der Waals surface area contributed by atoms with Gasteiger partial charge in [-0.25, -0.2) is 0 Å². The number of ether oxygens (including phenoxy) is 3. The fourth-order valence-corrected chi connectivity index (χ4v) is 5.81. The lowest BCUT2D eigenvalue weighted by Gasteiger charge is -2.41. The van der Waals surface area contributed by atoms with Gasteiger partial charge in [-0.3, -0.25) is 14.4 Å². The van der Waals surface area contributed by atoms with Crippen molar-refractivity contribution in [3.05, 3.63) is 51.6 Å². The molecule has 0 aromatic heterocycles. The molecule has 1 heterocycles. The maximum atomic E-state index is 13.6. The number of phenols is 2. The second kappa shape index (κ2) is 10.5. The molecule has 0 unspecified atom stereocenters. The summed E-state index contributed by atoms with van der Waals surface area (Å²) in [6.07, 6.45) is -2.45. The van der Waals surface area contributed by atoms with Crippen molar-refractivity contribution in [1.29, 1.82) is 0 Å². The highest BCUT2D eigenvalue weighted by atomic mass is 35.5. The normalized spacial score (nSPS) is 27.6. The number of methoxy groups -OCH3 is 1. The van der Waals surface area contributed by atoms with E-state index in [1.54, 1.807) is 0 Å². The summed E-state index contributed by atoms with van der Waals surface area (Å²) in [4.78, 5) is 39.7. The van der Waals surface area contributed by atoms with Gasteiger partial charge in [0.1, 0.15) is 29.5 Å². The molecule has 5 rings (SSSR count). The minimum absolute atomic E-state index is 0. The van der Waals surface area contributed by atoms with E-state index >= 15 is 0 Å². The first kappa shape index (κ1) is 28.9. The van der Waals surface area contributed by atoms with E-state index in [0.29, 0.717) is 6.42 Å². The number of carbonyl (C=O) groups excluding carboxylic acids is 3. The summed E-state index contributed by atoms with van der Waals surface area (Å²) in [5.41, 5.74) is 2.78. The van der Waals surface area contributed by atoms with Crippen LogP contribution >= 0.6 is 12.4 Å². The van der Waals surface area contributed by atoms with Gasteiger partial charge in [-0.15, -0.1) is 12.4 Å². The number of aliphatic hydroxyl groups is 2. The molecule has 2 aliphatic carbocycles. The average molecular weight is 564 g/mol. The van der Waals surface area contributed by atoms with E-state index in [-0.39, 0.29) is 59.0 Å². The number of halogens is 1. The Balaban J connectivity index is 0.00000353. The highest BCUT2D eigenvalue weighted by Crippen LogP contribution is 2.52. The first-order chi connectivity index (χ1) is 18.0. The predicted octanol–water partition coefficient (Wildman–Crippen LogP) is 1.45. The van der Waals surface area contributed by atoms with Gasteiger partial charge in [-0.05, 0) is 19.4 Å². The van der Waals surface area contributed by atoms with E-state index in [1.165, 1.54) is 25.3 Å². The molecule has 5 atom stereocenters. The Labute approximate surface area is 229 Å². The molecular weight excluding hydrogens is 534 g/mol. The van der Waals surface area contributed by atoms with Crippen molar-refractivity contribution in [3.8, 4) is 17.2 Å². The molecule has 6 N–H and O–H groups in total. The third-order valence-electron chi connectivity index (χ3n) is 7.57. The third kappa shape index (κ3) is 4.58. The molecule has 2 aromatic carbocycles. The Kier molecular flexibility index (Phi) is 7.78. The number of aliphatic hydroxyl groups excluding tert-OH is 1. The number of hydrogen-bond acceptors (Lipinski definition) is 11. The second-order valence-electron chi connectivity index (χ2n) is 10.1. The molecule has 1 saturated heterocycles. The molecule has 0 bridgehead atoms. The van der Waals surface area contributed by atoms with Crippen molar-refractivity contribution in [2.75, 3.05) is 13.7 Å². The van der Waals surface area contributed by atoms with E-state index in [0.717, 1.165) is 0 Å². The number of fused-ring (bicyclic) bond motifs is 3. The number of ketones is 3. The minimum atomic E-state index is -2.18. The first-order valence-corrected chi connectivity index (χ1v) is 12.3. The molecule has 0 amide bonds. The van der Waals surface area contributed by atoms with Gasteiger partial charge in [0.2, 0.25) is 5.78 Å². The van der Waals surface area contributed by atoms with Crippen molar-refractivity contribution in [3.63, 3.8) is 0 Å². The molecule has 210 valence electrons. The van der Waals surface area contributed by atoms with Crippen LogP contribution in [0.1, 0.15) is 75.3 Å². The van der Waals surface area contributed by atoms with Crippen LogP contribution < -0.4 is 10.5 Å². The van der Waals surface area contributed by atoms with Gasteiger partial charge in [0.25, 0.3) is 0 Å². The van der Waals surface area contributed by atoms with Crippen LogP contribution in [0.15, 0.2) is 18.2 Å². The standard InChI is InChI=1S/C27H29NO10.ClH/c1-11-6-12(28)7-18(37-11)38-16-9-27(35,17(30)10-29)8-14-20(16)26(34)22-21(24(14)32)23(31)13-4-3-5-15(36-2)19(13)25(22)33;/h3-5,11-12,16,18,29,32,34-35H,6-10,28H2,1-2H3;1H/t11-,12+,16+,18-,27+;/m1./s1. The summed E-state index contributed by atoms with van der Waals surface area (Å²) in [6, 6.07) is 4.17. The maximum Gasteiger partial charge on any atom is 0.202 e. The van der Waals surface area contributed by atoms with Crippen LogP contribution in [-0.4, -0.2) is 75.5 Å². The van der Waals surface area contributed by atoms with Gasteiger partial charge in [-0.2, -0.15) is 0 Å². The van der Waals surface area contributed by atoms with Crippen molar-refractivity contribution in [1.82, 2.24) is 0 Å². The highest BCUT2D eigenvalue weighted by Gasteiger charge is 2.49. The first-order valence-electron chi connectivity index (χ1n) is 12.3. The Morgan fingerprint density at radius 1 is 1.13 bits per heavy atom. The number of nitrogens with two attached hydrogens (primary N) is 1. The third-order valence-corrected chi connectivity index (χ3v) is 7.57. The fraction of sp³-hybridized carbons (Fsp3) is 0.444. The van der Waals surface area contributed by atoms with Crippen LogP contribution in [0, 0.1) is 0 Å². The Morgan fingerprint density at radius 2 is 1.82 bits per heavy atom. The molecule has 3 aliphatic rings. The van der Waals surface area contributed by atoms with Crippen LogP contribution in [0.3, 0.4) is 0 Å². The number of hydrogen-bond donors (Lipinski definition) is 5. The van der Waals surface area contributed by atoms with Crippen LogP contribution in [0.4, 0.5) is 0 Å². The number of aromatic hydroxyl groups is 2. The molecule has 1 aliphatic heterocycles. The van der Waals surface area contributed by atoms with E-state index < -0.39 is 77.4 Å². The van der Waals surface area contributed by atoms with E-state index in [4.69, 9.17) is 19.9 Å². The zero-order chi connectivity index (χ0) is 27.5. The number of Topliss-reactive ketones (excluding diaryl/α,β-unsaturated/α-hetero) is 1. The molecule has 0 saturated carbocycles. The van der Waals surface area contributed by atoms with Crippen LogP contribution in [0.2, 0.25) is 0 Å². The lowest BCUT2D eigenvalue weighted by molar-refractivity contribution is -0.225. The topological polar surface area (TPSA) is 186 Å². The Hall–Kier alpha value is -3.06. The van der Waals surface area contributed by atoms with Crippen molar-refractivity contribution >= 4 is 29.8 Å². The number of rotatable bonds is 5. The molecule has 0 radical (unpaired) electrons. The maximum absolute atomic E-state index is 13.6. The second-order valence-corrected chi connectivity index (χ2v) is 10.1. The van der Waals surface area contributed by atoms with Gasteiger partial charge in [-0.1, -0.05) is 12.1 Å². The molecule has 2 aromatic rings. The lowest BCUT2D eigenvalue weighted by atomic mass is 9.72. The number of carbonyl (C=O) groups is 3. The number of phenolic OH excluding ortho intramolecular Hbond substituents is 2. The quantitative estimate of drug-likeness (QED) is 0.283. The molecular formula is C27H30ClNO10. The lowest BCUT2D eigenvalue weighted by Crippen LogP contribution is -2.48. The van der Waals surface area contributed by atoms with E-state index in [9.17, 15) is 34.8 Å².